The summed E-state index contributed by atoms with van der Waals surface area (Å²) in [4.78, 5) is 0. The number of hydrogen-bond donors (Lipinski definition) is 0. The maximum atomic E-state index is 11.4. The van der Waals surface area contributed by atoms with Crippen molar-refractivity contribution >= 4 is 27.3 Å². The summed E-state index contributed by atoms with van der Waals surface area (Å²) in [6.07, 6.45) is 17.3. The number of rotatable bonds is 14. The van der Waals surface area contributed by atoms with Crippen molar-refractivity contribution in [3.8, 4) is 11.5 Å². The Labute approximate surface area is 211 Å². The fourth-order valence-corrected chi connectivity index (χ4v) is 3.61. The second kappa shape index (κ2) is 20.8. The van der Waals surface area contributed by atoms with E-state index in [4.69, 9.17) is 0 Å². The molecular weight excluding hydrogens is 576 g/mol. The van der Waals surface area contributed by atoms with E-state index in [1.165, 1.54) is 64.2 Å². The maximum absolute atomic E-state index is 11.4. The van der Waals surface area contributed by atoms with E-state index in [0.717, 1.165) is 36.8 Å². The summed E-state index contributed by atoms with van der Waals surface area (Å²) in [6.45, 7) is 4.46. The molecule has 0 fully saturated rings. The van der Waals surface area contributed by atoms with E-state index in [1.54, 1.807) is 12.1 Å². The molecule has 0 radical (unpaired) electrons. The molecule has 0 heterocycles. The van der Waals surface area contributed by atoms with Crippen LogP contribution in [0.4, 0.5) is 0 Å². The van der Waals surface area contributed by atoms with Gasteiger partial charge < -0.3 is 10.2 Å². The number of para-hydroxylation sites is 2. The second-order valence-corrected chi connectivity index (χ2v) is 8.25. The fourth-order valence-electron chi connectivity index (χ4n) is 3.61. The van der Waals surface area contributed by atoms with Crippen LogP contribution in [0.1, 0.15) is 102 Å². The van der Waals surface area contributed by atoms with Gasteiger partial charge in [-0.25, -0.2) is 0 Å². The molecule has 172 valence electrons. The first kappa shape index (κ1) is 30.0. The van der Waals surface area contributed by atoms with Gasteiger partial charge in [0.2, 0.25) is 0 Å². The molecule has 2 rings (SSSR count). The van der Waals surface area contributed by atoms with Crippen LogP contribution in [0.25, 0.3) is 0 Å². The summed E-state index contributed by atoms with van der Waals surface area (Å²) < 4.78 is 0. The summed E-state index contributed by atoms with van der Waals surface area (Å²) in [7, 11) is 0. The third-order valence-corrected chi connectivity index (χ3v) is 5.54. The number of hydrogen-bond acceptors (Lipinski definition) is 2. The van der Waals surface area contributed by atoms with Gasteiger partial charge in [-0.3, -0.25) is 0 Å². The summed E-state index contributed by atoms with van der Waals surface area (Å²) in [5.74, 6) is 0.400. The molecule has 0 N–H and O–H groups in total. The number of unbranched alkanes of at least 4 members (excludes halogenated alkanes) is 10. The van der Waals surface area contributed by atoms with E-state index in [1.807, 2.05) is 36.4 Å². The molecule has 0 unspecified atom stereocenters. The monoisotopic (exact) mass is 620 g/mol. The minimum absolute atomic E-state index is 0. The molecule has 0 spiro atoms. The summed E-state index contributed by atoms with van der Waals surface area (Å²) in [6, 6.07) is 14.8. The Hall–Kier alpha value is -1.04. The van der Waals surface area contributed by atoms with Crippen LogP contribution in [-0.4, -0.2) is 27.3 Å². The van der Waals surface area contributed by atoms with E-state index < -0.39 is 0 Å². The molecule has 2 aromatic carbocycles. The molecule has 0 atom stereocenters. The molecule has 0 aliphatic carbocycles. The van der Waals surface area contributed by atoms with Gasteiger partial charge in [0.15, 0.2) is 0 Å². The molecule has 0 saturated heterocycles. The van der Waals surface area contributed by atoms with Crippen LogP contribution in [0.3, 0.4) is 0 Å². The average Bonchev–Trinajstić information content (AvgIpc) is 2.76. The van der Waals surface area contributed by atoms with E-state index in [9.17, 15) is 10.2 Å². The van der Waals surface area contributed by atoms with Gasteiger partial charge in [0, 0.05) is 0 Å². The van der Waals surface area contributed by atoms with Crippen LogP contribution in [-0.2, 0) is 12.8 Å². The first-order valence-electron chi connectivity index (χ1n) is 12.2. The number of benzene rings is 2. The normalized spacial score (nSPS) is 10.1. The Bertz CT molecular complexity index is 599. The van der Waals surface area contributed by atoms with Crippen molar-refractivity contribution in [1.82, 2.24) is 0 Å². The molecule has 0 aromatic heterocycles. The Balaban J connectivity index is 0.000000562. The van der Waals surface area contributed by atoms with Crippen molar-refractivity contribution in [2.75, 3.05) is 0 Å². The third kappa shape index (κ3) is 15.4. The third-order valence-electron chi connectivity index (χ3n) is 5.54. The fraction of sp³-hybridized carbons (Fsp3) is 0.571. The van der Waals surface area contributed by atoms with Crippen LogP contribution in [0, 0.1) is 0 Å². The second-order valence-electron chi connectivity index (χ2n) is 8.25. The van der Waals surface area contributed by atoms with Crippen LogP contribution in [0.2, 0.25) is 0 Å². The molecular formula is C28H44O2Pb. The SMILES string of the molecule is CCCCCCCCc1ccccc1[O-].CCCCCCCCc1ccccc1[O-].[PbH2+2]. The van der Waals surface area contributed by atoms with Crippen LogP contribution in [0.5, 0.6) is 11.5 Å². The zero-order valence-corrected chi connectivity index (χ0v) is 25.5. The molecule has 0 aliphatic heterocycles. The minimum atomic E-state index is 0. The summed E-state index contributed by atoms with van der Waals surface area (Å²) >= 11 is 0. The van der Waals surface area contributed by atoms with E-state index in [0.29, 0.717) is 0 Å². The average molecular weight is 620 g/mol. The van der Waals surface area contributed by atoms with Gasteiger partial charge in [-0.15, -0.1) is 11.5 Å². The van der Waals surface area contributed by atoms with Gasteiger partial charge in [0.25, 0.3) is 0 Å². The Morgan fingerprint density at radius 3 is 1.16 bits per heavy atom. The molecule has 31 heavy (non-hydrogen) atoms. The van der Waals surface area contributed by atoms with Gasteiger partial charge >= 0.3 is 27.3 Å². The summed E-state index contributed by atoms with van der Waals surface area (Å²) in [5.41, 5.74) is 1.96. The van der Waals surface area contributed by atoms with Crippen LogP contribution < -0.4 is 10.2 Å². The van der Waals surface area contributed by atoms with Gasteiger partial charge in [-0.05, 0) is 25.7 Å². The van der Waals surface area contributed by atoms with Gasteiger partial charge in [-0.2, -0.15) is 0 Å². The van der Waals surface area contributed by atoms with Crippen molar-refractivity contribution in [2.45, 2.75) is 104 Å². The Morgan fingerprint density at radius 1 is 0.484 bits per heavy atom. The number of aryl methyl sites for hydroxylation is 2. The molecule has 2 aromatic rings. The molecule has 3 heteroatoms. The molecule has 0 saturated carbocycles. The van der Waals surface area contributed by atoms with Gasteiger partial charge in [-0.1, -0.05) is 138 Å². The zero-order chi connectivity index (χ0) is 21.9. The molecule has 2 nitrogen and oxygen atoms in total. The van der Waals surface area contributed by atoms with Gasteiger partial charge in [0.1, 0.15) is 0 Å². The molecule has 0 bridgehead atoms. The van der Waals surface area contributed by atoms with Crippen LogP contribution >= 0.6 is 0 Å². The first-order chi connectivity index (χ1) is 14.7. The molecule has 0 aliphatic rings. The van der Waals surface area contributed by atoms with E-state index in [2.05, 4.69) is 13.8 Å². The zero-order valence-electron chi connectivity index (χ0n) is 20.0. The quantitative estimate of drug-likeness (QED) is 0.181. The van der Waals surface area contributed by atoms with Gasteiger partial charge in [0.05, 0.1) is 0 Å². The predicted molar refractivity (Wildman–Crippen MR) is 134 cm³/mol. The Morgan fingerprint density at radius 2 is 0.806 bits per heavy atom. The van der Waals surface area contributed by atoms with E-state index in [-0.39, 0.29) is 38.8 Å². The van der Waals surface area contributed by atoms with Crippen molar-refractivity contribution in [2.24, 2.45) is 0 Å². The van der Waals surface area contributed by atoms with Crippen molar-refractivity contribution in [1.29, 1.82) is 0 Å². The Kier molecular flexibility index (Phi) is 20.1. The van der Waals surface area contributed by atoms with Crippen molar-refractivity contribution in [3.05, 3.63) is 59.7 Å². The van der Waals surface area contributed by atoms with Crippen LogP contribution in [0.15, 0.2) is 48.5 Å². The first-order valence-corrected chi connectivity index (χ1v) is 12.2. The summed E-state index contributed by atoms with van der Waals surface area (Å²) in [5, 5.41) is 22.8. The predicted octanol–water partition coefficient (Wildman–Crippen LogP) is 6.41. The standard InChI is InChI=1S/2C14H22O.Pb.2H/c2*1-2-3-4-5-6-7-10-13-11-8-9-12-14(13)15;;;/h2*8-9,11-12,15H,2-7,10H2,1H3;;;/q;;+2;;/p-2. The van der Waals surface area contributed by atoms with E-state index >= 15 is 0 Å². The van der Waals surface area contributed by atoms with Crippen molar-refractivity contribution in [3.63, 3.8) is 0 Å². The topological polar surface area (TPSA) is 46.1 Å². The molecule has 0 amide bonds. The van der Waals surface area contributed by atoms with Crippen molar-refractivity contribution < 1.29 is 10.2 Å².